The number of carbonyl (C=O) groups is 2. The van der Waals surface area contributed by atoms with Crippen molar-refractivity contribution in [1.82, 2.24) is 0 Å². The monoisotopic (exact) mass is 569 g/mol. The number of nitrogen functional groups attached to an aromatic ring is 2. The molecule has 0 aliphatic carbocycles. The highest BCUT2D eigenvalue weighted by Crippen LogP contribution is 2.19. The fraction of sp³-hybridized carbons (Fsp3) is 0.324. The van der Waals surface area contributed by atoms with Crippen molar-refractivity contribution in [3.8, 4) is 17.6 Å². The van der Waals surface area contributed by atoms with E-state index in [2.05, 4.69) is 6.07 Å². The Kier molecular flexibility index (Phi) is 13.5. The molecule has 0 fully saturated rings. The summed E-state index contributed by atoms with van der Waals surface area (Å²) in [7, 11) is 0. The Bertz CT molecular complexity index is 1350. The Morgan fingerprint density at radius 1 is 0.786 bits per heavy atom. The van der Waals surface area contributed by atoms with Gasteiger partial charge in [-0.15, -0.1) is 0 Å². The van der Waals surface area contributed by atoms with Crippen molar-refractivity contribution in [1.29, 1.82) is 5.26 Å². The van der Waals surface area contributed by atoms with Gasteiger partial charge >= 0.3 is 11.9 Å². The molecule has 0 bridgehead atoms. The van der Waals surface area contributed by atoms with E-state index in [0.29, 0.717) is 48.8 Å². The summed E-state index contributed by atoms with van der Waals surface area (Å²) in [5.41, 5.74) is 15.5. The number of hydrogen-bond donors (Lipinski definition) is 2. The molecule has 0 heterocycles. The minimum absolute atomic E-state index is 0.385. The van der Waals surface area contributed by atoms with Gasteiger partial charge < -0.3 is 25.7 Å². The zero-order valence-corrected chi connectivity index (χ0v) is 23.9. The normalized spacial score (nSPS) is 10.7. The van der Waals surface area contributed by atoms with E-state index in [9.17, 15) is 9.59 Å². The first-order chi connectivity index (χ1) is 20.4. The van der Waals surface area contributed by atoms with Crippen LogP contribution >= 0.6 is 0 Å². The predicted octanol–water partition coefficient (Wildman–Crippen LogP) is 6.89. The third kappa shape index (κ3) is 11.8. The fourth-order valence-electron chi connectivity index (χ4n) is 4.19. The summed E-state index contributed by atoms with van der Waals surface area (Å²) in [6.07, 6.45) is 11.4. The van der Waals surface area contributed by atoms with Gasteiger partial charge in [-0.05, 0) is 91.4 Å². The minimum Gasteiger partial charge on any atom is -0.494 e. The topological polar surface area (TPSA) is 138 Å². The van der Waals surface area contributed by atoms with Gasteiger partial charge in [-0.2, -0.15) is 5.26 Å². The lowest BCUT2D eigenvalue weighted by Crippen LogP contribution is -2.08. The van der Waals surface area contributed by atoms with Gasteiger partial charge in [0.15, 0.2) is 0 Å². The molecule has 42 heavy (non-hydrogen) atoms. The number of nitrogens with two attached hydrogens (primary N) is 2. The van der Waals surface area contributed by atoms with Gasteiger partial charge in [0.2, 0.25) is 0 Å². The van der Waals surface area contributed by atoms with Gasteiger partial charge in [-0.25, -0.2) is 9.59 Å². The smallest absolute Gasteiger partial charge is 0.343 e. The lowest BCUT2D eigenvalue weighted by molar-refractivity contribution is -0.137. The second-order valence-corrected chi connectivity index (χ2v) is 9.92. The first-order valence-corrected chi connectivity index (χ1v) is 14.4. The maximum Gasteiger partial charge on any atom is 0.343 e. The summed E-state index contributed by atoms with van der Waals surface area (Å²) in [5, 5.41) is 8.56. The third-order valence-electron chi connectivity index (χ3n) is 6.55. The maximum atomic E-state index is 12.4. The zero-order valence-electron chi connectivity index (χ0n) is 23.9. The van der Waals surface area contributed by atoms with Crippen molar-refractivity contribution in [3.63, 3.8) is 0 Å². The minimum atomic E-state index is -0.485. The molecule has 0 aliphatic heterocycles. The van der Waals surface area contributed by atoms with Gasteiger partial charge in [-0.1, -0.05) is 43.9 Å². The molecule has 3 aromatic carbocycles. The lowest BCUT2D eigenvalue weighted by Gasteiger charge is -2.07. The number of nitriles is 1. The molecule has 4 N–H and O–H groups in total. The van der Waals surface area contributed by atoms with Crippen molar-refractivity contribution in [2.45, 2.75) is 57.8 Å². The number of nitrogens with zero attached hydrogens (tertiary/aromatic N) is 1. The molecule has 0 saturated carbocycles. The van der Waals surface area contributed by atoms with E-state index in [1.165, 1.54) is 6.08 Å². The lowest BCUT2D eigenvalue weighted by atomic mass is 10.0. The number of aryl methyl sites for hydroxylation is 1. The van der Waals surface area contributed by atoms with E-state index in [4.69, 9.17) is 30.9 Å². The van der Waals surface area contributed by atoms with Crippen LogP contribution < -0.4 is 20.9 Å². The molecular weight excluding hydrogens is 530 g/mol. The molecule has 220 valence electrons. The van der Waals surface area contributed by atoms with E-state index >= 15 is 0 Å². The number of benzene rings is 3. The Morgan fingerprint density at radius 3 is 2.19 bits per heavy atom. The zero-order chi connectivity index (χ0) is 30.0. The SMILES string of the molecule is N#CCCCOc1ccc(C(=O)Oc2ccc(C=CC(=O)OCCCCCCCCc3ccc(N)cc3N)cc2)cc1. The molecule has 3 aromatic rings. The number of rotatable bonds is 17. The number of hydrogen-bond acceptors (Lipinski definition) is 8. The Balaban J connectivity index is 1.26. The van der Waals surface area contributed by atoms with Crippen LogP contribution in [0.2, 0.25) is 0 Å². The highest BCUT2D eigenvalue weighted by atomic mass is 16.5. The van der Waals surface area contributed by atoms with Gasteiger partial charge in [0.25, 0.3) is 0 Å². The maximum absolute atomic E-state index is 12.4. The molecule has 0 spiro atoms. The first-order valence-electron chi connectivity index (χ1n) is 14.4. The molecule has 0 atom stereocenters. The highest BCUT2D eigenvalue weighted by Gasteiger charge is 2.09. The quantitative estimate of drug-likeness (QED) is 0.0589. The number of ether oxygens (including phenoxy) is 3. The molecular formula is C34H39N3O5. The standard InChI is InChI=1S/C34H39N3O5/c35-22-6-8-23-40-30-19-14-28(15-20-30)34(39)42-31-17-10-26(11-18-31)12-21-33(38)41-24-7-4-2-1-3-5-9-27-13-16-29(36)25-32(27)37/h10-21,25H,1-9,23-24,36-37H2. The number of esters is 2. The van der Waals surface area contributed by atoms with Crippen LogP contribution in [0.15, 0.2) is 72.8 Å². The van der Waals surface area contributed by atoms with E-state index in [-0.39, 0.29) is 5.97 Å². The van der Waals surface area contributed by atoms with Gasteiger partial charge in [0.1, 0.15) is 11.5 Å². The van der Waals surface area contributed by atoms with Crippen LogP contribution in [0.4, 0.5) is 11.4 Å². The Hall–Kier alpha value is -4.77. The molecule has 0 aromatic heterocycles. The molecule has 0 amide bonds. The first kappa shape index (κ1) is 31.8. The van der Waals surface area contributed by atoms with Crippen LogP contribution in [0.1, 0.15) is 72.9 Å². The summed E-state index contributed by atoms with van der Waals surface area (Å²) < 4.78 is 16.3. The number of anilines is 2. The van der Waals surface area contributed by atoms with Crippen molar-refractivity contribution in [2.24, 2.45) is 0 Å². The predicted molar refractivity (Wildman–Crippen MR) is 165 cm³/mol. The van der Waals surface area contributed by atoms with E-state index < -0.39 is 5.97 Å². The van der Waals surface area contributed by atoms with Crippen molar-refractivity contribution >= 4 is 29.4 Å². The Morgan fingerprint density at radius 2 is 1.48 bits per heavy atom. The molecule has 0 unspecified atom stereocenters. The van der Waals surface area contributed by atoms with Gasteiger partial charge in [-0.3, -0.25) is 0 Å². The fourth-order valence-corrected chi connectivity index (χ4v) is 4.19. The summed E-state index contributed by atoms with van der Waals surface area (Å²) >= 11 is 0. The largest absolute Gasteiger partial charge is 0.494 e. The van der Waals surface area contributed by atoms with Crippen LogP contribution in [0.25, 0.3) is 6.08 Å². The number of carbonyl (C=O) groups excluding carboxylic acids is 2. The highest BCUT2D eigenvalue weighted by molar-refractivity contribution is 5.91. The summed E-state index contributed by atoms with van der Waals surface area (Å²) in [4.78, 5) is 24.5. The van der Waals surface area contributed by atoms with E-state index in [0.717, 1.165) is 61.8 Å². The second-order valence-electron chi connectivity index (χ2n) is 9.92. The molecule has 3 rings (SSSR count). The van der Waals surface area contributed by atoms with Crippen LogP contribution in [-0.4, -0.2) is 25.2 Å². The van der Waals surface area contributed by atoms with E-state index in [1.54, 1.807) is 54.6 Å². The average molecular weight is 570 g/mol. The molecule has 0 aliphatic rings. The molecule has 0 saturated heterocycles. The van der Waals surface area contributed by atoms with Crippen molar-refractivity contribution in [3.05, 3.63) is 89.5 Å². The summed E-state index contributed by atoms with van der Waals surface area (Å²) in [6, 6.07) is 21.3. The van der Waals surface area contributed by atoms with Gasteiger partial charge in [0, 0.05) is 23.9 Å². The van der Waals surface area contributed by atoms with Crippen molar-refractivity contribution < 1.29 is 23.8 Å². The Labute approximate surface area is 247 Å². The van der Waals surface area contributed by atoms with E-state index in [1.807, 2.05) is 18.2 Å². The van der Waals surface area contributed by atoms with Crippen LogP contribution in [-0.2, 0) is 16.0 Å². The molecule has 8 heteroatoms. The van der Waals surface area contributed by atoms with Gasteiger partial charge in [0.05, 0.1) is 24.8 Å². The summed E-state index contributed by atoms with van der Waals surface area (Å²) in [6.45, 7) is 0.842. The number of unbranched alkanes of at least 4 members (excludes halogenated alkanes) is 6. The summed E-state index contributed by atoms with van der Waals surface area (Å²) in [5.74, 6) is 0.152. The van der Waals surface area contributed by atoms with Crippen LogP contribution in [0, 0.1) is 11.3 Å². The van der Waals surface area contributed by atoms with Crippen molar-refractivity contribution in [2.75, 3.05) is 24.7 Å². The van der Waals surface area contributed by atoms with Crippen LogP contribution in [0.5, 0.6) is 11.5 Å². The molecule has 0 radical (unpaired) electrons. The molecule has 8 nitrogen and oxygen atoms in total. The second kappa shape index (κ2) is 17.8. The average Bonchev–Trinajstić information content (AvgIpc) is 2.99. The van der Waals surface area contributed by atoms with Crippen LogP contribution in [0.3, 0.4) is 0 Å². The third-order valence-corrected chi connectivity index (χ3v) is 6.55.